The maximum Gasteiger partial charge on any atom is 0.0435 e. The second-order valence-electron chi connectivity index (χ2n) is 3.55. The van der Waals surface area contributed by atoms with Gasteiger partial charge in [-0.2, -0.15) is 0 Å². The van der Waals surface area contributed by atoms with Crippen molar-refractivity contribution in [2.45, 2.75) is 27.7 Å². The highest BCUT2D eigenvalue weighted by molar-refractivity contribution is 6.31. The summed E-state index contributed by atoms with van der Waals surface area (Å²) < 4.78 is 0. The first-order valence-corrected chi connectivity index (χ1v) is 6.78. The average molecular weight is 283 g/mol. The molecular formula is C16H20Cl2. The lowest BCUT2D eigenvalue weighted by atomic mass is 10.2. The molecule has 0 aliphatic carbocycles. The van der Waals surface area contributed by atoms with Gasteiger partial charge < -0.3 is 0 Å². The molecule has 0 aliphatic rings. The Morgan fingerprint density at radius 1 is 0.778 bits per heavy atom. The van der Waals surface area contributed by atoms with Gasteiger partial charge in [0.15, 0.2) is 0 Å². The van der Waals surface area contributed by atoms with E-state index in [-0.39, 0.29) is 0 Å². The summed E-state index contributed by atoms with van der Waals surface area (Å²) in [7, 11) is 0. The monoisotopic (exact) mass is 282 g/mol. The lowest BCUT2D eigenvalue weighted by Crippen LogP contribution is -1.68. The molecule has 2 rings (SSSR count). The zero-order valence-corrected chi connectivity index (χ0v) is 12.9. The Morgan fingerprint density at radius 2 is 1.39 bits per heavy atom. The second-order valence-corrected chi connectivity index (χ2v) is 4.39. The van der Waals surface area contributed by atoms with Crippen molar-refractivity contribution in [3.63, 3.8) is 0 Å². The first-order chi connectivity index (χ1) is 8.59. The standard InChI is InChI=1S/2C7H7Cl.C2H6/c1-6-3-2-4-7(8)5-6;1-6-4-2-3-5-7(6)8;1-2/h2*2-5H,1H3;1-2H3. The summed E-state index contributed by atoms with van der Waals surface area (Å²) >= 11 is 11.4. The first-order valence-electron chi connectivity index (χ1n) is 6.03. The van der Waals surface area contributed by atoms with Gasteiger partial charge in [-0.05, 0) is 43.2 Å². The molecule has 2 heteroatoms. The summed E-state index contributed by atoms with van der Waals surface area (Å²) in [5.41, 5.74) is 2.34. The van der Waals surface area contributed by atoms with E-state index < -0.39 is 0 Å². The number of hydrogen-bond donors (Lipinski definition) is 0. The summed E-state index contributed by atoms with van der Waals surface area (Å²) in [6.45, 7) is 8.01. The van der Waals surface area contributed by atoms with Crippen LogP contribution in [-0.4, -0.2) is 0 Å². The minimum atomic E-state index is 0.810. The topological polar surface area (TPSA) is 0 Å². The lowest BCUT2D eigenvalue weighted by Gasteiger charge is -1.90. The van der Waals surface area contributed by atoms with Gasteiger partial charge in [0.1, 0.15) is 0 Å². The molecule has 0 amide bonds. The fourth-order valence-corrected chi connectivity index (χ4v) is 1.54. The van der Waals surface area contributed by atoms with E-state index in [1.54, 1.807) is 0 Å². The quantitative estimate of drug-likeness (QED) is 0.530. The molecular weight excluding hydrogens is 263 g/mol. The van der Waals surface area contributed by atoms with Crippen molar-refractivity contribution in [1.29, 1.82) is 0 Å². The highest BCUT2D eigenvalue weighted by Gasteiger charge is 1.86. The number of aryl methyl sites for hydroxylation is 2. The third-order valence-corrected chi connectivity index (χ3v) is 2.72. The largest absolute Gasteiger partial charge is 0.0843 e. The molecule has 0 heterocycles. The van der Waals surface area contributed by atoms with E-state index in [1.807, 2.05) is 76.2 Å². The number of rotatable bonds is 0. The summed E-state index contributed by atoms with van der Waals surface area (Å²) in [4.78, 5) is 0. The van der Waals surface area contributed by atoms with Crippen molar-refractivity contribution in [3.8, 4) is 0 Å². The van der Waals surface area contributed by atoms with Gasteiger partial charge in [0.05, 0.1) is 0 Å². The molecule has 0 atom stereocenters. The zero-order chi connectivity index (χ0) is 14.0. The third kappa shape index (κ3) is 7.37. The Hall–Kier alpha value is -0.980. The number of benzene rings is 2. The van der Waals surface area contributed by atoms with Crippen LogP contribution in [0.5, 0.6) is 0 Å². The summed E-state index contributed by atoms with van der Waals surface area (Å²) in [5.74, 6) is 0. The van der Waals surface area contributed by atoms with E-state index >= 15 is 0 Å². The van der Waals surface area contributed by atoms with E-state index in [9.17, 15) is 0 Å². The van der Waals surface area contributed by atoms with Gasteiger partial charge in [-0.3, -0.25) is 0 Å². The van der Waals surface area contributed by atoms with Crippen molar-refractivity contribution < 1.29 is 0 Å². The van der Waals surface area contributed by atoms with Gasteiger partial charge in [0.2, 0.25) is 0 Å². The van der Waals surface area contributed by atoms with Gasteiger partial charge in [0, 0.05) is 10.0 Å². The van der Waals surface area contributed by atoms with Gasteiger partial charge in [-0.1, -0.05) is 67.4 Å². The molecule has 2 aromatic carbocycles. The average Bonchev–Trinajstić information content (AvgIpc) is 2.36. The van der Waals surface area contributed by atoms with Crippen LogP contribution in [-0.2, 0) is 0 Å². The molecule has 2 aromatic rings. The van der Waals surface area contributed by atoms with E-state index in [2.05, 4.69) is 0 Å². The molecule has 0 saturated heterocycles. The molecule has 0 aliphatic heterocycles. The molecule has 0 aromatic heterocycles. The van der Waals surface area contributed by atoms with Crippen LogP contribution in [0.4, 0.5) is 0 Å². The van der Waals surface area contributed by atoms with E-state index in [0.29, 0.717) is 0 Å². The Kier molecular flexibility index (Phi) is 9.45. The molecule has 0 fully saturated rings. The van der Waals surface area contributed by atoms with Crippen LogP contribution in [0.2, 0.25) is 10.0 Å². The lowest BCUT2D eigenvalue weighted by molar-refractivity contribution is 1.47. The molecule has 0 N–H and O–H groups in total. The predicted octanol–water partition coefficient (Wildman–Crippen LogP) is 6.32. The number of halogens is 2. The second kappa shape index (κ2) is 9.99. The Balaban J connectivity index is 0.000000283. The van der Waals surface area contributed by atoms with Gasteiger partial charge in [0.25, 0.3) is 0 Å². The highest BCUT2D eigenvalue weighted by Crippen LogP contribution is 2.11. The van der Waals surface area contributed by atoms with Crippen molar-refractivity contribution >= 4 is 23.2 Å². The maximum absolute atomic E-state index is 5.71. The highest BCUT2D eigenvalue weighted by atomic mass is 35.5. The molecule has 0 bridgehead atoms. The zero-order valence-electron chi connectivity index (χ0n) is 11.4. The molecule has 0 nitrogen and oxygen atoms in total. The summed E-state index contributed by atoms with van der Waals surface area (Å²) in [6.07, 6.45) is 0. The first kappa shape index (κ1) is 17.0. The molecule has 0 spiro atoms. The van der Waals surface area contributed by atoms with Crippen LogP contribution in [0, 0.1) is 13.8 Å². The SMILES string of the molecule is CC.Cc1cccc(Cl)c1.Cc1ccccc1Cl. The third-order valence-electron chi connectivity index (χ3n) is 2.06. The van der Waals surface area contributed by atoms with Crippen molar-refractivity contribution in [3.05, 3.63) is 69.7 Å². The Bertz CT molecular complexity index is 412. The molecule has 18 heavy (non-hydrogen) atoms. The van der Waals surface area contributed by atoms with Crippen molar-refractivity contribution in [2.75, 3.05) is 0 Å². The Labute approximate surface area is 121 Å². The predicted molar refractivity (Wildman–Crippen MR) is 83.7 cm³/mol. The van der Waals surface area contributed by atoms with Crippen LogP contribution in [0.1, 0.15) is 25.0 Å². The summed E-state index contributed by atoms with van der Waals surface area (Å²) in [6, 6.07) is 15.5. The van der Waals surface area contributed by atoms with Crippen LogP contribution in [0.15, 0.2) is 48.5 Å². The smallest absolute Gasteiger partial charge is 0.0435 e. The maximum atomic E-state index is 5.71. The minimum absolute atomic E-state index is 0.810. The Morgan fingerprint density at radius 3 is 1.72 bits per heavy atom. The van der Waals surface area contributed by atoms with Gasteiger partial charge in [-0.25, -0.2) is 0 Å². The van der Waals surface area contributed by atoms with Gasteiger partial charge in [-0.15, -0.1) is 0 Å². The van der Waals surface area contributed by atoms with Crippen LogP contribution in [0.25, 0.3) is 0 Å². The van der Waals surface area contributed by atoms with E-state index in [0.717, 1.165) is 15.6 Å². The van der Waals surface area contributed by atoms with Crippen LogP contribution >= 0.6 is 23.2 Å². The molecule has 0 radical (unpaired) electrons. The van der Waals surface area contributed by atoms with Crippen LogP contribution in [0.3, 0.4) is 0 Å². The fraction of sp³-hybridized carbons (Fsp3) is 0.250. The van der Waals surface area contributed by atoms with Crippen molar-refractivity contribution in [2.24, 2.45) is 0 Å². The number of hydrogen-bond acceptors (Lipinski definition) is 0. The molecule has 0 unspecified atom stereocenters. The van der Waals surface area contributed by atoms with E-state index in [4.69, 9.17) is 23.2 Å². The molecule has 0 saturated carbocycles. The fourth-order valence-electron chi connectivity index (χ4n) is 1.16. The van der Waals surface area contributed by atoms with Crippen LogP contribution < -0.4 is 0 Å². The van der Waals surface area contributed by atoms with E-state index in [1.165, 1.54) is 5.56 Å². The normalized spacial score (nSPS) is 8.56. The van der Waals surface area contributed by atoms with Crippen molar-refractivity contribution in [1.82, 2.24) is 0 Å². The summed E-state index contributed by atoms with van der Waals surface area (Å²) in [5, 5.41) is 1.65. The minimum Gasteiger partial charge on any atom is -0.0843 e. The molecule has 98 valence electrons. The van der Waals surface area contributed by atoms with Gasteiger partial charge >= 0.3 is 0 Å².